The van der Waals surface area contributed by atoms with Gasteiger partial charge >= 0.3 is 0 Å². The van der Waals surface area contributed by atoms with Gasteiger partial charge in [-0.1, -0.05) is 28.1 Å². The summed E-state index contributed by atoms with van der Waals surface area (Å²) < 4.78 is 19.6. The molecule has 0 fully saturated rings. The Morgan fingerprint density at radius 3 is 2.76 bits per heavy atom. The minimum atomic E-state index is -0.574. The van der Waals surface area contributed by atoms with E-state index >= 15 is 0 Å². The van der Waals surface area contributed by atoms with Gasteiger partial charge in [-0.15, -0.1) is 0 Å². The van der Waals surface area contributed by atoms with Crippen molar-refractivity contribution in [1.29, 1.82) is 0 Å². The van der Waals surface area contributed by atoms with Crippen molar-refractivity contribution in [3.63, 3.8) is 0 Å². The Bertz CT molecular complexity index is 649. The lowest BCUT2D eigenvalue weighted by atomic mass is 10.2. The van der Waals surface area contributed by atoms with Gasteiger partial charge < -0.3 is 15.8 Å². The van der Waals surface area contributed by atoms with Gasteiger partial charge in [0.25, 0.3) is 5.91 Å². The lowest BCUT2D eigenvalue weighted by Crippen LogP contribution is -2.28. The minimum absolute atomic E-state index is 0.00238. The van der Waals surface area contributed by atoms with Crippen LogP contribution < -0.4 is 15.8 Å². The van der Waals surface area contributed by atoms with Crippen LogP contribution in [0.15, 0.2) is 46.9 Å². The smallest absolute Gasteiger partial charge is 0.254 e. The highest BCUT2D eigenvalue weighted by Gasteiger charge is 2.11. The Hall–Kier alpha value is -2.08. The molecule has 0 radical (unpaired) electrons. The molecule has 0 saturated heterocycles. The first-order valence-corrected chi connectivity index (χ1v) is 7.08. The first-order chi connectivity index (χ1) is 10.1. The predicted octanol–water partition coefficient (Wildman–Crippen LogP) is 2.98. The van der Waals surface area contributed by atoms with Crippen molar-refractivity contribution in [2.45, 2.75) is 0 Å². The highest BCUT2D eigenvalue weighted by Crippen LogP contribution is 2.19. The number of amides is 1. The number of hydrogen-bond donors (Lipinski definition) is 2. The third-order valence-electron chi connectivity index (χ3n) is 2.74. The lowest BCUT2D eigenvalue weighted by molar-refractivity contribution is 0.0943. The van der Waals surface area contributed by atoms with E-state index in [1.54, 1.807) is 24.3 Å². The summed E-state index contributed by atoms with van der Waals surface area (Å²) >= 11 is 3.14. The van der Waals surface area contributed by atoms with E-state index in [4.69, 9.17) is 10.5 Å². The topological polar surface area (TPSA) is 64.3 Å². The van der Waals surface area contributed by atoms with E-state index in [9.17, 15) is 9.18 Å². The fourth-order valence-corrected chi connectivity index (χ4v) is 2.04. The van der Waals surface area contributed by atoms with Crippen LogP contribution in [-0.4, -0.2) is 19.1 Å². The van der Waals surface area contributed by atoms with E-state index in [-0.39, 0.29) is 18.7 Å². The van der Waals surface area contributed by atoms with Gasteiger partial charge in [0.05, 0.1) is 17.8 Å². The largest absolute Gasteiger partial charge is 0.490 e. The molecule has 2 rings (SSSR count). The molecule has 0 aliphatic carbocycles. The average molecular weight is 353 g/mol. The van der Waals surface area contributed by atoms with E-state index in [0.717, 1.165) is 0 Å². The van der Waals surface area contributed by atoms with Crippen LogP contribution in [0.25, 0.3) is 0 Å². The van der Waals surface area contributed by atoms with Crippen LogP contribution in [-0.2, 0) is 0 Å². The molecule has 0 spiro atoms. The zero-order valence-corrected chi connectivity index (χ0v) is 12.7. The summed E-state index contributed by atoms with van der Waals surface area (Å²) in [5.41, 5.74) is 6.25. The van der Waals surface area contributed by atoms with Crippen LogP contribution >= 0.6 is 15.9 Å². The number of carbonyl (C=O) groups is 1. The second-order valence-electron chi connectivity index (χ2n) is 4.27. The van der Waals surface area contributed by atoms with Crippen LogP contribution in [0, 0.1) is 5.82 Å². The number of rotatable bonds is 5. The maximum atomic E-state index is 13.6. The summed E-state index contributed by atoms with van der Waals surface area (Å²) in [6.07, 6.45) is 0. The molecule has 2 aromatic rings. The summed E-state index contributed by atoms with van der Waals surface area (Å²) in [5.74, 6) is -0.499. The molecule has 1 amide bonds. The van der Waals surface area contributed by atoms with Crippen molar-refractivity contribution in [2.75, 3.05) is 18.9 Å². The number of nitrogens with one attached hydrogen (secondary N) is 1. The maximum absolute atomic E-state index is 13.6. The monoisotopic (exact) mass is 352 g/mol. The molecule has 0 aliphatic rings. The van der Waals surface area contributed by atoms with Crippen molar-refractivity contribution in [1.82, 2.24) is 5.32 Å². The molecule has 2 aromatic carbocycles. The molecule has 4 nitrogen and oxygen atoms in total. The zero-order valence-electron chi connectivity index (χ0n) is 11.1. The number of nitrogens with two attached hydrogens (primary N) is 1. The Balaban J connectivity index is 1.83. The molecular formula is C15H14BrFN2O2. The fraction of sp³-hybridized carbons (Fsp3) is 0.133. The predicted molar refractivity (Wildman–Crippen MR) is 82.8 cm³/mol. The molecule has 6 heteroatoms. The second kappa shape index (κ2) is 7.08. The van der Waals surface area contributed by atoms with Gasteiger partial charge in [-0.2, -0.15) is 0 Å². The number of hydrogen-bond acceptors (Lipinski definition) is 3. The molecule has 21 heavy (non-hydrogen) atoms. The third kappa shape index (κ3) is 4.19. The van der Waals surface area contributed by atoms with Crippen LogP contribution in [0.4, 0.5) is 10.1 Å². The Morgan fingerprint density at radius 1 is 1.29 bits per heavy atom. The number of anilines is 1. The van der Waals surface area contributed by atoms with Crippen molar-refractivity contribution >= 4 is 27.5 Å². The normalized spacial score (nSPS) is 10.2. The third-order valence-corrected chi connectivity index (χ3v) is 3.23. The van der Waals surface area contributed by atoms with Gasteiger partial charge in [0, 0.05) is 4.47 Å². The highest BCUT2D eigenvalue weighted by molar-refractivity contribution is 9.10. The van der Waals surface area contributed by atoms with E-state index < -0.39 is 11.7 Å². The Kier molecular flexibility index (Phi) is 5.16. The molecule has 0 bridgehead atoms. The minimum Gasteiger partial charge on any atom is -0.490 e. The van der Waals surface area contributed by atoms with Gasteiger partial charge in [-0.05, 0) is 30.3 Å². The van der Waals surface area contributed by atoms with E-state index in [1.807, 2.05) is 6.07 Å². The van der Waals surface area contributed by atoms with Gasteiger partial charge in [0.2, 0.25) is 0 Å². The molecule has 0 aliphatic heterocycles. The number of ether oxygens (including phenoxy) is 1. The molecule has 0 aromatic heterocycles. The van der Waals surface area contributed by atoms with Crippen LogP contribution in [0.1, 0.15) is 10.4 Å². The molecule has 0 atom stereocenters. The second-order valence-corrected chi connectivity index (χ2v) is 5.18. The molecule has 3 N–H and O–H groups in total. The quantitative estimate of drug-likeness (QED) is 0.642. The van der Waals surface area contributed by atoms with Crippen molar-refractivity contribution < 1.29 is 13.9 Å². The molecular weight excluding hydrogens is 339 g/mol. The van der Waals surface area contributed by atoms with Gasteiger partial charge in [-0.3, -0.25) is 4.79 Å². The molecule has 0 unspecified atom stereocenters. The summed E-state index contributed by atoms with van der Waals surface area (Å²) in [6, 6.07) is 11.4. The van der Waals surface area contributed by atoms with Crippen LogP contribution in [0.2, 0.25) is 0 Å². The summed E-state index contributed by atoms with van der Waals surface area (Å²) in [4.78, 5) is 11.8. The number of carbonyl (C=O) groups excluding carboxylic acids is 1. The van der Waals surface area contributed by atoms with Crippen molar-refractivity contribution in [3.8, 4) is 5.75 Å². The average Bonchev–Trinajstić information content (AvgIpc) is 2.45. The molecule has 110 valence electrons. The number of halogens is 2. The first kappa shape index (κ1) is 15.3. The maximum Gasteiger partial charge on any atom is 0.254 e. The van der Waals surface area contributed by atoms with E-state index in [2.05, 4.69) is 21.2 Å². The molecule has 0 saturated carbocycles. The summed E-state index contributed by atoms with van der Waals surface area (Å²) in [5, 5.41) is 2.59. The SMILES string of the molecule is Nc1ccccc1OCCNC(=O)c1ccc(Br)cc1F. The van der Waals surface area contributed by atoms with Crippen LogP contribution in [0.3, 0.4) is 0 Å². The number of para-hydroxylation sites is 2. The summed E-state index contributed by atoms with van der Waals surface area (Å²) in [7, 11) is 0. The zero-order chi connectivity index (χ0) is 15.2. The van der Waals surface area contributed by atoms with Crippen molar-refractivity contribution in [3.05, 3.63) is 58.3 Å². The fourth-order valence-electron chi connectivity index (χ4n) is 1.71. The van der Waals surface area contributed by atoms with Crippen molar-refractivity contribution in [2.24, 2.45) is 0 Å². The number of nitrogen functional groups attached to an aromatic ring is 1. The Labute approximate surface area is 130 Å². The highest BCUT2D eigenvalue weighted by atomic mass is 79.9. The number of benzene rings is 2. The van der Waals surface area contributed by atoms with E-state index in [1.165, 1.54) is 12.1 Å². The Morgan fingerprint density at radius 2 is 2.05 bits per heavy atom. The van der Waals surface area contributed by atoms with Gasteiger partial charge in [0.1, 0.15) is 18.2 Å². The van der Waals surface area contributed by atoms with E-state index in [0.29, 0.717) is 15.9 Å². The van der Waals surface area contributed by atoms with Gasteiger partial charge in [0.15, 0.2) is 0 Å². The summed E-state index contributed by atoms with van der Waals surface area (Å²) in [6.45, 7) is 0.501. The standard InChI is InChI=1S/C15H14BrFN2O2/c16-10-5-6-11(12(17)9-10)15(20)19-7-8-21-14-4-2-1-3-13(14)18/h1-6,9H,7-8,18H2,(H,19,20). The lowest BCUT2D eigenvalue weighted by Gasteiger charge is -2.10. The van der Waals surface area contributed by atoms with Crippen LogP contribution in [0.5, 0.6) is 5.75 Å². The van der Waals surface area contributed by atoms with Gasteiger partial charge in [-0.25, -0.2) is 4.39 Å². The first-order valence-electron chi connectivity index (χ1n) is 6.28. The molecule has 0 heterocycles.